The molecule has 0 aliphatic rings. The summed E-state index contributed by atoms with van der Waals surface area (Å²) in [5.41, 5.74) is -0.273. The molecular formula is C13H26N2O3. The maximum Gasteiger partial charge on any atom is 0.323 e. The Labute approximate surface area is 110 Å². The van der Waals surface area contributed by atoms with Gasteiger partial charge in [0, 0.05) is 12.1 Å². The van der Waals surface area contributed by atoms with Gasteiger partial charge in [0.2, 0.25) is 0 Å². The normalized spacial score (nSPS) is 11.4. The zero-order chi connectivity index (χ0) is 14.3. The van der Waals surface area contributed by atoms with E-state index in [9.17, 15) is 9.59 Å². The quantitative estimate of drug-likeness (QED) is 0.736. The van der Waals surface area contributed by atoms with E-state index in [-0.39, 0.29) is 24.0 Å². The number of carbonyl (C=O) groups is 2. The van der Waals surface area contributed by atoms with Gasteiger partial charge in [0.05, 0.1) is 0 Å². The summed E-state index contributed by atoms with van der Waals surface area (Å²) < 4.78 is 0. The number of urea groups is 1. The van der Waals surface area contributed by atoms with Gasteiger partial charge in [0.1, 0.15) is 6.54 Å². The molecule has 0 atom stereocenters. The van der Waals surface area contributed by atoms with Crippen molar-refractivity contribution in [1.82, 2.24) is 10.2 Å². The van der Waals surface area contributed by atoms with E-state index < -0.39 is 5.97 Å². The van der Waals surface area contributed by atoms with Crippen molar-refractivity contribution in [2.45, 2.75) is 53.0 Å². The molecule has 0 aromatic carbocycles. The highest BCUT2D eigenvalue weighted by Crippen LogP contribution is 2.14. The lowest BCUT2D eigenvalue weighted by Gasteiger charge is -2.32. The summed E-state index contributed by atoms with van der Waals surface area (Å²) in [6, 6.07) is -0.294. The minimum Gasteiger partial charge on any atom is -0.480 e. The smallest absolute Gasteiger partial charge is 0.323 e. The summed E-state index contributed by atoms with van der Waals surface area (Å²) in [5.74, 6) is -0.745. The maximum absolute atomic E-state index is 12.1. The Morgan fingerprint density at radius 3 is 2.11 bits per heavy atom. The summed E-state index contributed by atoms with van der Waals surface area (Å²) in [6.45, 7) is 10.1. The molecule has 2 N–H and O–H groups in total. The first kappa shape index (κ1) is 16.7. The van der Waals surface area contributed by atoms with Crippen molar-refractivity contribution in [3.63, 3.8) is 0 Å². The third-order valence-corrected chi connectivity index (χ3v) is 3.17. The summed E-state index contributed by atoms with van der Waals surface area (Å²) >= 11 is 0. The number of hydrogen-bond acceptors (Lipinski definition) is 2. The van der Waals surface area contributed by atoms with Gasteiger partial charge in [0.15, 0.2) is 0 Å². The first-order valence-corrected chi connectivity index (χ1v) is 6.53. The SMILES string of the molecule is CCC(C)(CC)NC(=O)N(CC(=O)O)CC(C)C. The number of aliphatic carboxylic acids is 1. The largest absolute Gasteiger partial charge is 0.480 e. The van der Waals surface area contributed by atoms with Crippen LogP contribution in [0.1, 0.15) is 47.5 Å². The van der Waals surface area contributed by atoms with Crippen molar-refractivity contribution in [3.05, 3.63) is 0 Å². The molecule has 0 aliphatic heterocycles. The van der Waals surface area contributed by atoms with Crippen LogP contribution in [0.4, 0.5) is 4.79 Å². The average Bonchev–Trinajstić information content (AvgIpc) is 2.26. The third kappa shape index (κ3) is 5.89. The Bertz CT molecular complexity index is 286. The van der Waals surface area contributed by atoms with Crippen LogP contribution in [0.15, 0.2) is 0 Å². The molecule has 0 radical (unpaired) electrons. The lowest BCUT2D eigenvalue weighted by molar-refractivity contribution is -0.137. The highest BCUT2D eigenvalue weighted by atomic mass is 16.4. The minimum atomic E-state index is -0.986. The van der Waals surface area contributed by atoms with Gasteiger partial charge in [-0.15, -0.1) is 0 Å². The summed E-state index contributed by atoms with van der Waals surface area (Å²) in [7, 11) is 0. The number of amides is 2. The molecule has 0 unspecified atom stereocenters. The molecule has 2 amide bonds. The molecule has 0 bridgehead atoms. The summed E-state index contributed by atoms with van der Waals surface area (Å²) in [5, 5.41) is 11.8. The Morgan fingerprint density at radius 1 is 1.28 bits per heavy atom. The predicted molar refractivity (Wildman–Crippen MR) is 71.6 cm³/mol. The van der Waals surface area contributed by atoms with Crippen molar-refractivity contribution < 1.29 is 14.7 Å². The van der Waals surface area contributed by atoms with Gasteiger partial charge in [-0.25, -0.2) is 4.79 Å². The third-order valence-electron chi connectivity index (χ3n) is 3.17. The lowest BCUT2D eigenvalue weighted by atomic mass is 9.96. The molecular weight excluding hydrogens is 232 g/mol. The number of nitrogens with zero attached hydrogens (tertiary/aromatic N) is 1. The van der Waals surface area contributed by atoms with E-state index in [0.717, 1.165) is 12.8 Å². The van der Waals surface area contributed by atoms with Gasteiger partial charge in [-0.05, 0) is 25.7 Å². The van der Waals surface area contributed by atoms with E-state index in [1.807, 2.05) is 34.6 Å². The molecule has 0 saturated carbocycles. The number of nitrogens with one attached hydrogen (secondary N) is 1. The Hall–Kier alpha value is -1.26. The summed E-state index contributed by atoms with van der Waals surface area (Å²) in [6.07, 6.45) is 1.63. The monoisotopic (exact) mass is 258 g/mol. The van der Waals surface area contributed by atoms with E-state index in [4.69, 9.17) is 5.11 Å². The number of carboxylic acid groups (broad SMARTS) is 1. The van der Waals surface area contributed by atoms with E-state index >= 15 is 0 Å². The van der Waals surface area contributed by atoms with Gasteiger partial charge in [-0.2, -0.15) is 0 Å². The van der Waals surface area contributed by atoms with E-state index in [2.05, 4.69) is 5.32 Å². The zero-order valence-electron chi connectivity index (χ0n) is 12.1. The van der Waals surface area contributed by atoms with Gasteiger partial charge >= 0.3 is 12.0 Å². The van der Waals surface area contributed by atoms with Crippen LogP contribution in [0, 0.1) is 5.92 Å². The fourth-order valence-electron chi connectivity index (χ4n) is 1.59. The molecule has 0 spiro atoms. The molecule has 106 valence electrons. The first-order chi connectivity index (χ1) is 8.24. The van der Waals surface area contributed by atoms with Crippen molar-refractivity contribution in [3.8, 4) is 0 Å². The predicted octanol–water partition coefficient (Wildman–Crippen LogP) is 2.32. The van der Waals surface area contributed by atoms with Gasteiger partial charge in [-0.3, -0.25) is 4.79 Å². The standard InChI is InChI=1S/C13H26N2O3/c1-6-13(5,7-2)14-12(18)15(8-10(3)4)9-11(16)17/h10H,6-9H2,1-5H3,(H,14,18)(H,16,17). The van der Waals surface area contributed by atoms with Crippen molar-refractivity contribution in [2.24, 2.45) is 5.92 Å². The first-order valence-electron chi connectivity index (χ1n) is 6.53. The lowest BCUT2D eigenvalue weighted by Crippen LogP contribution is -2.52. The fraction of sp³-hybridized carbons (Fsp3) is 0.846. The van der Waals surface area contributed by atoms with Gasteiger partial charge in [-0.1, -0.05) is 27.7 Å². The van der Waals surface area contributed by atoms with Crippen LogP contribution in [0.5, 0.6) is 0 Å². The van der Waals surface area contributed by atoms with E-state index in [0.29, 0.717) is 6.54 Å². The molecule has 0 aromatic rings. The van der Waals surface area contributed by atoms with Crippen LogP contribution in [0.3, 0.4) is 0 Å². The van der Waals surface area contributed by atoms with Crippen LogP contribution < -0.4 is 5.32 Å². The molecule has 0 aromatic heterocycles. The van der Waals surface area contributed by atoms with Crippen molar-refractivity contribution in [1.29, 1.82) is 0 Å². The zero-order valence-corrected chi connectivity index (χ0v) is 12.1. The number of hydrogen-bond donors (Lipinski definition) is 2. The van der Waals surface area contributed by atoms with E-state index in [1.54, 1.807) is 0 Å². The average molecular weight is 258 g/mol. The Balaban J connectivity index is 4.69. The Morgan fingerprint density at radius 2 is 1.78 bits per heavy atom. The second-order valence-corrected chi connectivity index (χ2v) is 5.37. The second kappa shape index (κ2) is 7.24. The van der Waals surface area contributed by atoms with Crippen LogP contribution in [0.2, 0.25) is 0 Å². The molecule has 0 fully saturated rings. The molecule has 0 heterocycles. The van der Waals surface area contributed by atoms with Crippen LogP contribution >= 0.6 is 0 Å². The number of carboxylic acids is 1. The Kier molecular flexibility index (Phi) is 6.73. The highest BCUT2D eigenvalue weighted by Gasteiger charge is 2.26. The molecule has 5 nitrogen and oxygen atoms in total. The maximum atomic E-state index is 12.1. The van der Waals surface area contributed by atoms with Crippen molar-refractivity contribution >= 4 is 12.0 Å². The molecule has 0 rings (SSSR count). The van der Waals surface area contributed by atoms with Crippen molar-refractivity contribution in [2.75, 3.05) is 13.1 Å². The molecule has 0 aliphatic carbocycles. The van der Waals surface area contributed by atoms with Crippen LogP contribution in [-0.4, -0.2) is 40.6 Å². The van der Waals surface area contributed by atoms with Gasteiger partial charge < -0.3 is 15.3 Å². The molecule has 0 saturated heterocycles. The summed E-state index contributed by atoms with van der Waals surface area (Å²) in [4.78, 5) is 24.2. The minimum absolute atomic E-state index is 0.240. The molecule has 18 heavy (non-hydrogen) atoms. The number of rotatable bonds is 7. The fourth-order valence-corrected chi connectivity index (χ4v) is 1.59. The second-order valence-electron chi connectivity index (χ2n) is 5.37. The van der Waals surface area contributed by atoms with E-state index in [1.165, 1.54) is 4.90 Å². The topological polar surface area (TPSA) is 69.6 Å². The molecule has 5 heteroatoms. The van der Waals surface area contributed by atoms with Crippen LogP contribution in [0.25, 0.3) is 0 Å². The van der Waals surface area contributed by atoms with Crippen LogP contribution in [-0.2, 0) is 4.79 Å². The highest BCUT2D eigenvalue weighted by molar-refractivity contribution is 5.80. The number of carbonyl (C=O) groups excluding carboxylic acids is 1. The van der Waals surface area contributed by atoms with Gasteiger partial charge in [0.25, 0.3) is 0 Å².